The van der Waals surface area contributed by atoms with Crippen molar-refractivity contribution in [3.8, 4) is 11.1 Å². The first-order valence-electron chi connectivity index (χ1n) is 5.61. The molecule has 0 aliphatic heterocycles. The number of nitrogen functional groups attached to an aromatic ring is 2. The third kappa shape index (κ3) is 1.66. The van der Waals surface area contributed by atoms with E-state index in [-0.39, 0.29) is 5.95 Å². The van der Waals surface area contributed by atoms with E-state index in [0.717, 1.165) is 27.7 Å². The fraction of sp³-hybridized carbons (Fsp3) is 0.0769. The van der Waals surface area contributed by atoms with Crippen molar-refractivity contribution in [3.63, 3.8) is 0 Å². The molecule has 0 spiro atoms. The van der Waals surface area contributed by atoms with Gasteiger partial charge in [-0.2, -0.15) is 4.98 Å². The van der Waals surface area contributed by atoms with Gasteiger partial charge in [0.2, 0.25) is 5.95 Å². The summed E-state index contributed by atoms with van der Waals surface area (Å²) in [5, 5.41) is 1.14. The Morgan fingerprint density at radius 3 is 2.78 bits per heavy atom. The van der Waals surface area contributed by atoms with E-state index in [2.05, 4.69) is 27.1 Å². The highest BCUT2D eigenvalue weighted by Gasteiger charge is 2.07. The summed E-state index contributed by atoms with van der Waals surface area (Å²) in [5.74, 6) is 0.587. The molecule has 0 radical (unpaired) electrons. The lowest BCUT2D eigenvalue weighted by Gasteiger charge is -2.05. The summed E-state index contributed by atoms with van der Waals surface area (Å²) in [6.45, 7) is 2.03. The lowest BCUT2D eigenvalue weighted by molar-refractivity contribution is 1.20. The number of hydrogen-bond acceptors (Lipinski definition) is 4. The van der Waals surface area contributed by atoms with Crippen LogP contribution in [0.25, 0.3) is 22.0 Å². The Hall–Kier alpha value is -2.56. The van der Waals surface area contributed by atoms with Crippen LogP contribution in [0.1, 0.15) is 5.69 Å². The number of hydrogen-bond donors (Lipinski definition) is 3. The van der Waals surface area contributed by atoms with Gasteiger partial charge in [0.1, 0.15) is 5.82 Å². The van der Waals surface area contributed by atoms with Crippen LogP contribution in [0, 0.1) is 6.92 Å². The number of nitrogens with zero attached hydrogens (tertiary/aromatic N) is 2. The summed E-state index contributed by atoms with van der Waals surface area (Å²) < 4.78 is 0. The van der Waals surface area contributed by atoms with Crippen molar-refractivity contribution < 1.29 is 0 Å². The minimum atomic E-state index is 0.190. The second kappa shape index (κ2) is 3.73. The number of benzene rings is 1. The number of rotatable bonds is 1. The molecule has 0 saturated heterocycles. The van der Waals surface area contributed by atoms with Crippen molar-refractivity contribution in [3.05, 3.63) is 36.2 Å². The van der Waals surface area contributed by atoms with Gasteiger partial charge in [-0.05, 0) is 30.7 Å². The Labute approximate surface area is 104 Å². The van der Waals surface area contributed by atoms with Crippen LogP contribution in [-0.4, -0.2) is 15.0 Å². The van der Waals surface area contributed by atoms with Gasteiger partial charge in [-0.1, -0.05) is 6.07 Å². The summed E-state index contributed by atoms with van der Waals surface area (Å²) in [7, 11) is 0. The number of anilines is 2. The molecular formula is C13H13N5. The van der Waals surface area contributed by atoms with Crippen molar-refractivity contribution >= 4 is 22.7 Å². The molecule has 5 heteroatoms. The van der Waals surface area contributed by atoms with Crippen LogP contribution >= 0.6 is 0 Å². The predicted molar refractivity (Wildman–Crippen MR) is 72.9 cm³/mol. The number of H-pyrrole nitrogens is 1. The molecule has 90 valence electrons. The molecule has 0 aliphatic rings. The third-order valence-electron chi connectivity index (χ3n) is 2.90. The predicted octanol–water partition coefficient (Wildman–Crippen LogP) is 2.10. The monoisotopic (exact) mass is 239 g/mol. The maximum Gasteiger partial charge on any atom is 0.221 e. The van der Waals surface area contributed by atoms with Gasteiger partial charge in [-0.15, -0.1) is 0 Å². The lowest BCUT2D eigenvalue weighted by atomic mass is 10.1. The number of nitrogens with two attached hydrogens (primary N) is 2. The van der Waals surface area contributed by atoms with Gasteiger partial charge in [-0.25, -0.2) is 4.98 Å². The van der Waals surface area contributed by atoms with Gasteiger partial charge in [0.25, 0.3) is 0 Å². The Morgan fingerprint density at radius 1 is 1.17 bits per heavy atom. The molecule has 0 aliphatic carbocycles. The highest BCUT2D eigenvalue weighted by Crippen LogP contribution is 2.27. The van der Waals surface area contributed by atoms with Crippen molar-refractivity contribution in [2.75, 3.05) is 11.5 Å². The lowest BCUT2D eigenvalue weighted by Crippen LogP contribution is -2.00. The van der Waals surface area contributed by atoms with E-state index < -0.39 is 0 Å². The summed E-state index contributed by atoms with van der Waals surface area (Å²) in [4.78, 5) is 11.2. The molecule has 2 heterocycles. The van der Waals surface area contributed by atoms with E-state index in [1.54, 1.807) is 6.20 Å². The van der Waals surface area contributed by atoms with Crippen LogP contribution in [-0.2, 0) is 0 Å². The third-order valence-corrected chi connectivity index (χ3v) is 2.90. The van der Waals surface area contributed by atoms with Gasteiger partial charge >= 0.3 is 0 Å². The maximum absolute atomic E-state index is 5.86. The molecule has 18 heavy (non-hydrogen) atoms. The zero-order valence-electron chi connectivity index (χ0n) is 9.94. The van der Waals surface area contributed by atoms with E-state index in [9.17, 15) is 0 Å². The molecule has 3 aromatic rings. The van der Waals surface area contributed by atoms with Gasteiger partial charge in [0, 0.05) is 28.4 Å². The molecule has 5 N–H and O–H groups in total. The molecule has 3 rings (SSSR count). The van der Waals surface area contributed by atoms with Gasteiger partial charge in [-0.3, -0.25) is 0 Å². The topological polar surface area (TPSA) is 93.6 Å². The van der Waals surface area contributed by atoms with E-state index in [1.165, 1.54) is 0 Å². The summed E-state index contributed by atoms with van der Waals surface area (Å²) >= 11 is 0. The normalized spacial score (nSPS) is 10.9. The van der Waals surface area contributed by atoms with Crippen LogP contribution in [0.2, 0.25) is 0 Å². The highest BCUT2D eigenvalue weighted by molar-refractivity contribution is 5.87. The van der Waals surface area contributed by atoms with E-state index in [4.69, 9.17) is 11.5 Å². The van der Waals surface area contributed by atoms with Crippen molar-refractivity contribution in [2.24, 2.45) is 0 Å². The van der Waals surface area contributed by atoms with Crippen molar-refractivity contribution in [1.82, 2.24) is 15.0 Å². The highest BCUT2D eigenvalue weighted by atomic mass is 15.0. The number of aryl methyl sites for hydroxylation is 1. The Bertz CT molecular complexity index is 729. The average molecular weight is 239 g/mol. The minimum Gasteiger partial charge on any atom is -0.383 e. The second-order valence-corrected chi connectivity index (χ2v) is 4.28. The second-order valence-electron chi connectivity index (χ2n) is 4.28. The van der Waals surface area contributed by atoms with Crippen LogP contribution in [0.3, 0.4) is 0 Å². The van der Waals surface area contributed by atoms with Gasteiger partial charge in [0.05, 0.1) is 0 Å². The molecule has 0 bridgehead atoms. The van der Waals surface area contributed by atoms with Crippen LogP contribution < -0.4 is 11.5 Å². The van der Waals surface area contributed by atoms with Crippen LogP contribution in [0.4, 0.5) is 11.8 Å². The molecule has 2 aromatic heterocycles. The van der Waals surface area contributed by atoms with Gasteiger partial charge < -0.3 is 16.5 Å². The van der Waals surface area contributed by atoms with Crippen LogP contribution in [0.5, 0.6) is 0 Å². The number of fused-ring (bicyclic) bond motifs is 1. The van der Waals surface area contributed by atoms with Gasteiger partial charge in [0.15, 0.2) is 0 Å². The molecular weight excluding hydrogens is 226 g/mol. The van der Waals surface area contributed by atoms with Crippen molar-refractivity contribution in [1.29, 1.82) is 0 Å². The Balaban J connectivity index is 2.18. The fourth-order valence-corrected chi connectivity index (χ4v) is 2.08. The summed E-state index contributed by atoms with van der Waals surface area (Å²) in [6.07, 6.45) is 1.65. The average Bonchev–Trinajstić information content (AvgIpc) is 2.68. The zero-order valence-corrected chi connectivity index (χ0v) is 9.94. The fourth-order valence-electron chi connectivity index (χ4n) is 2.08. The number of aromatic nitrogens is 3. The molecule has 0 unspecified atom stereocenters. The smallest absolute Gasteiger partial charge is 0.221 e. The van der Waals surface area contributed by atoms with Crippen LogP contribution in [0.15, 0.2) is 30.5 Å². The summed E-state index contributed by atoms with van der Waals surface area (Å²) in [5.41, 5.74) is 15.4. The first-order valence-corrected chi connectivity index (χ1v) is 5.61. The minimum absolute atomic E-state index is 0.190. The number of aromatic amines is 1. The first-order chi connectivity index (χ1) is 8.63. The quantitative estimate of drug-likeness (QED) is 0.606. The van der Waals surface area contributed by atoms with E-state index in [1.807, 2.05) is 19.1 Å². The SMILES string of the molecule is Cc1cc2cc(-c3cnc(N)nc3N)ccc2[nH]1. The summed E-state index contributed by atoms with van der Waals surface area (Å²) in [6, 6.07) is 8.16. The first kappa shape index (κ1) is 10.6. The number of nitrogens with one attached hydrogen (secondary N) is 1. The maximum atomic E-state index is 5.86. The van der Waals surface area contributed by atoms with E-state index >= 15 is 0 Å². The molecule has 0 fully saturated rings. The molecule has 0 amide bonds. The molecule has 0 saturated carbocycles. The standard InChI is InChI=1S/C13H13N5/c1-7-4-9-5-8(2-3-11(9)17-7)10-6-16-13(15)18-12(10)14/h2-6,17H,1H3,(H4,14,15,16,18). The zero-order chi connectivity index (χ0) is 12.7. The Kier molecular flexibility index (Phi) is 2.19. The Morgan fingerprint density at radius 2 is 2.00 bits per heavy atom. The molecule has 5 nitrogen and oxygen atoms in total. The molecule has 1 aromatic carbocycles. The molecule has 0 atom stereocenters. The van der Waals surface area contributed by atoms with E-state index in [0.29, 0.717) is 5.82 Å². The largest absolute Gasteiger partial charge is 0.383 e. The van der Waals surface area contributed by atoms with Crippen molar-refractivity contribution in [2.45, 2.75) is 6.92 Å².